The van der Waals surface area contributed by atoms with Gasteiger partial charge in [0, 0.05) is 12.8 Å². The molecule has 0 aliphatic carbocycles. The van der Waals surface area contributed by atoms with Crippen LogP contribution in [0.25, 0.3) is 0 Å². The van der Waals surface area contributed by atoms with E-state index >= 15 is 0 Å². The molecule has 0 aliphatic heterocycles. The van der Waals surface area contributed by atoms with E-state index in [1.807, 2.05) is 0 Å². The van der Waals surface area contributed by atoms with Crippen LogP contribution in [-0.2, 0) is 19.1 Å². The molecule has 0 saturated carbocycles. The van der Waals surface area contributed by atoms with Crippen molar-refractivity contribution in [1.82, 2.24) is 0 Å². The second-order valence-electron chi connectivity index (χ2n) is 11.9. The van der Waals surface area contributed by atoms with E-state index in [-0.39, 0.29) is 25.2 Å². The van der Waals surface area contributed by atoms with E-state index in [0.717, 1.165) is 83.5 Å². The van der Waals surface area contributed by atoms with Gasteiger partial charge in [-0.15, -0.1) is 0 Å². The summed E-state index contributed by atoms with van der Waals surface area (Å²) in [7, 11) is 0. The molecule has 0 rings (SSSR count). The first-order valence-electron chi connectivity index (χ1n) is 18.5. The lowest BCUT2D eigenvalue weighted by Gasteiger charge is -2.15. The summed E-state index contributed by atoms with van der Waals surface area (Å²) in [6.45, 7) is 3.95. The van der Waals surface area contributed by atoms with Gasteiger partial charge in [0.25, 0.3) is 0 Å². The van der Waals surface area contributed by atoms with Crippen molar-refractivity contribution in [1.29, 1.82) is 0 Å². The SMILES string of the molecule is CC/C=C\C/C=C\C/C=C\C/C=C\C/C=C\CCCCCC(=O)OC(CO)COC(=O)CCCCCCC/C=C\CCCCCC. The van der Waals surface area contributed by atoms with Gasteiger partial charge in [-0.05, 0) is 83.5 Å². The number of unbranched alkanes of at least 4 members (excludes halogenated alkanes) is 12. The Morgan fingerprint density at radius 3 is 1.46 bits per heavy atom. The Bertz CT molecular complexity index is 864. The normalized spacial score (nSPS) is 13.0. The van der Waals surface area contributed by atoms with Crippen molar-refractivity contribution in [3.05, 3.63) is 72.9 Å². The van der Waals surface area contributed by atoms with Gasteiger partial charge in [0.1, 0.15) is 6.61 Å². The molecule has 262 valence electrons. The lowest BCUT2D eigenvalue weighted by atomic mass is 10.1. The van der Waals surface area contributed by atoms with E-state index in [2.05, 4.69) is 86.8 Å². The molecule has 0 bridgehead atoms. The lowest BCUT2D eigenvalue weighted by Crippen LogP contribution is -2.28. The molecule has 0 fully saturated rings. The van der Waals surface area contributed by atoms with Gasteiger partial charge in [0.2, 0.25) is 0 Å². The van der Waals surface area contributed by atoms with Crippen LogP contribution in [0.2, 0.25) is 0 Å². The monoisotopic (exact) mass is 641 g/mol. The zero-order valence-corrected chi connectivity index (χ0v) is 29.6. The smallest absolute Gasteiger partial charge is 0.306 e. The molecule has 1 atom stereocenters. The van der Waals surface area contributed by atoms with E-state index in [1.54, 1.807) is 0 Å². The minimum atomic E-state index is -0.794. The molecule has 0 aliphatic rings. The molecule has 5 heteroatoms. The maximum atomic E-state index is 12.1. The average Bonchev–Trinajstić information content (AvgIpc) is 3.06. The summed E-state index contributed by atoms with van der Waals surface area (Å²) in [5.41, 5.74) is 0. The van der Waals surface area contributed by atoms with Crippen molar-refractivity contribution in [3.8, 4) is 0 Å². The van der Waals surface area contributed by atoms with Crippen LogP contribution in [0.1, 0.15) is 155 Å². The van der Waals surface area contributed by atoms with Gasteiger partial charge >= 0.3 is 11.9 Å². The van der Waals surface area contributed by atoms with Crippen LogP contribution in [0.4, 0.5) is 0 Å². The quantitative estimate of drug-likeness (QED) is 0.0450. The van der Waals surface area contributed by atoms with E-state index in [1.165, 1.54) is 44.9 Å². The zero-order chi connectivity index (χ0) is 33.6. The fourth-order valence-electron chi connectivity index (χ4n) is 4.69. The van der Waals surface area contributed by atoms with Gasteiger partial charge in [0.15, 0.2) is 6.10 Å². The molecule has 0 spiro atoms. The summed E-state index contributed by atoms with van der Waals surface area (Å²) in [6.07, 6.45) is 48.1. The summed E-state index contributed by atoms with van der Waals surface area (Å²) in [5.74, 6) is -0.646. The third kappa shape index (κ3) is 34.2. The Labute approximate surface area is 283 Å². The molecular formula is C41H68O5. The summed E-state index contributed by atoms with van der Waals surface area (Å²) >= 11 is 0. The van der Waals surface area contributed by atoms with Gasteiger partial charge in [-0.2, -0.15) is 0 Å². The Kier molecular flexibility index (Phi) is 34.7. The van der Waals surface area contributed by atoms with E-state index in [9.17, 15) is 14.7 Å². The number of carbonyl (C=O) groups excluding carboxylic acids is 2. The number of hydrogen-bond acceptors (Lipinski definition) is 5. The molecule has 46 heavy (non-hydrogen) atoms. The summed E-state index contributed by atoms with van der Waals surface area (Å²) in [4.78, 5) is 24.2. The van der Waals surface area contributed by atoms with Crippen molar-refractivity contribution in [3.63, 3.8) is 0 Å². The van der Waals surface area contributed by atoms with Crippen molar-refractivity contribution in [2.75, 3.05) is 13.2 Å². The third-order valence-electron chi connectivity index (χ3n) is 7.48. The maximum absolute atomic E-state index is 12.1. The summed E-state index contributed by atoms with van der Waals surface area (Å²) in [5, 5.41) is 9.53. The minimum absolute atomic E-state index is 0.0874. The average molecular weight is 641 g/mol. The zero-order valence-electron chi connectivity index (χ0n) is 29.6. The fraction of sp³-hybridized carbons (Fsp3) is 0.659. The molecule has 1 N–H and O–H groups in total. The number of aliphatic hydroxyl groups excluding tert-OH is 1. The molecular weight excluding hydrogens is 572 g/mol. The minimum Gasteiger partial charge on any atom is -0.462 e. The van der Waals surface area contributed by atoms with Crippen LogP contribution in [0.15, 0.2) is 72.9 Å². The van der Waals surface area contributed by atoms with Gasteiger partial charge in [-0.1, -0.05) is 132 Å². The molecule has 0 heterocycles. The Morgan fingerprint density at radius 2 is 0.935 bits per heavy atom. The highest BCUT2D eigenvalue weighted by atomic mass is 16.6. The van der Waals surface area contributed by atoms with E-state index in [4.69, 9.17) is 9.47 Å². The van der Waals surface area contributed by atoms with Crippen LogP contribution >= 0.6 is 0 Å². The van der Waals surface area contributed by atoms with Crippen LogP contribution < -0.4 is 0 Å². The van der Waals surface area contributed by atoms with Crippen LogP contribution in [0.5, 0.6) is 0 Å². The number of ether oxygens (including phenoxy) is 2. The molecule has 0 aromatic rings. The Morgan fingerprint density at radius 1 is 0.522 bits per heavy atom. The Balaban J connectivity index is 3.69. The second-order valence-corrected chi connectivity index (χ2v) is 11.9. The van der Waals surface area contributed by atoms with Crippen molar-refractivity contribution in [2.45, 2.75) is 161 Å². The number of hydrogen-bond donors (Lipinski definition) is 1. The van der Waals surface area contributed by atoms with Gasteiger partial charge in [0.05, 0.1) is 6.61 Å². The topological polar surface area (TPSA) is 72.8 Å². The van der Waals surface area contributed by atoms with E-state index < -0.39 is 6.10 Å². The standard InChI is InChI=1S/C41H68O5/c1-3-5-7-9-11-13-15-17-18-19-20-21-22-24-26-28-30-32-34-36-41(44)46-39(37-42)38-45-40(43)35-33-31-29-27-25-23-16-14-12-10-8-6-4-2/h5,7,11,13-14,16-18,20-21,24,26,39,42H,3-4,6,8-10,12,15,19,22-23,25,27-38H2,1-2H3/b7-5-,13-11-,16-14-,18-17-,21-20-,26-24-. The highest BCUT2D eigenvalue weighted by Gasteiger charge is 2.16. The van der Waals surface area contributed by atoms with Gasteiger partial charge in [-0.25, -0.2) is 0 Å². The summed E-state index contributed by atoms with van der Waals surface area (Å²) < 4.78 is 10.5. The third-order valence-corrected chi connectivity index (χ3v) is 7.48. The highest BCUT2D eigenvalue weighted by Crippen LogP contribution is 2.11. The number of allylic oxidation sites excluding steroid dienone is 12. The molecule has 0 aromatic carbocycles. The molecule has 0 amide bonds. The second kappa shape index (κ2) is 36.8. The number of aliphatic hydroxyl groups is 1. The molecule has 1 unspecified atom stereocenters. The molecule has 0 aromatic heterocycles. The van der Waals surface area contributed by atoms with Crippen LogP contribution in [0, 0.1) is 0 Å². The predicted molar refractivity (Wildman–Crippen MR) is 196 cm³/mol. The first-order valence-corrected chi connectivity index (χ1v) is 18.5. The first-order chi connectivity index (χ1) is 22.6. The highest BCUT2D eigenvalue weighted by molar-refractivity contribution is 5.70. The fourth-order valence-corrected chi connectivity index (χ4v) is 4.69. The van der Waals surface area contributed by atoms with Crippen LogP contribution in [0.3, 0.4) is 0 Å². The van der Waals surface area contributed by atoms with E-state index in [0.29, 0.717) is 12.8 Å². The number of carbonyl (C=O) groups is 2. The van der Waals surface area contributed by atoms with Crippen molar-refractivity contribution < 1.29 is 24.2 Å². The van der Waals surface area contributed by atoms with Crippen molar-refractivity contribution in [2.24, 2.45) is 0 Å². The lowest BCUT2D eigenvalue weighted by molar-refractivity contribution is -0.161. The van der Waals surface area contributed by atoms with Crippen molar-refractivity contribution >= 4 is 11.9 Å². The first kappa shape index (κ1) is 43.3. The maximum Gasteiger partial charge on any atom is 0.306 e. The van der Waals surface area contributed by atoms with Gasteiger partial charge < -0.3 is 14.6 Å². The molecule has 0 saturated heterocycles. The molecule has 5 nitrogen and oxygen atoms in total. The van der Waals surface area contributed by atoms with Gasteiger partial charge in [-0.3, -0.25) is 9.59 Å². The number of esters is 2. The van der Waals surface area contributed by atoms with Crippen LogP contribution in [-0.4, -0.2) is 36.4 Å². The number of rotatable bonds is 32. The summed E-state index contributed by atoms with van der Waals surface area (Å²) in [6, 6.07) is 0. The predicted octanol–water partition coefficient (Wildman–Crippen LogP) is 11.4. The largest absolute Gasteiger partial charge is 0.462 e. The Hall–Kier alpha value is -2.66. The molecule has 0 radical (unpaired) electrons.